The Morgan fingerprint density at radius 3 is 2.90 bits per heavy atom. The average Bonchev–Trinajstić information content (AvgIpc) is 2.50. The number of hydrogen-bond donors (Lipinski definition) is 2. The van der Waals surface area contributed by atoms with Gasteiger partial charge in [0.15, 0.2) is 0 Å². The zero-order chi connectivity index (χ0) is 14.8. The molecule has 1 saturated heterocycles. The Bertz CT molecular complexity index is 674. The number of fused-ring (bicyclic) bond motifs is 1. The predicted molar refractivity (Wildman–Crippen MR) is 84.3 cm³/mol. The molecule has 3 rings (SSSR count). The zero-order valence-electron chi connectivity index (χ0n) is 11.4. The summed E-state index contributed by atoms with van der Waals surface area (Å²) in [5.41, 5.74) is 0.576. The molecule has 0 bridgehead atoms. The molecule has 2 atom stereocenters. The fourth-order valence-electron chi connectivity index (χ4n) is 2.55. The van der Waals surface area contributed by atoms with Gasteiger partial charge in [0, 0.05) is 11.1 Å². The number of aliphatic hydroxyl groups is 1. The third-order valence-corrected chi connectivity index (χ3v) is 4.61. The Hall–Kier alpha value is -1.43. The third kappa shape index (κ3) is 2.95. The molecule has 2 N–H and O–H groups in total. The molecule has 0 aliphatic carbocycles. The fourth-order valence-corrected chi connectivity index (χ4v) is 3.22. The maximum Gasteiger partial charge on any atom is 0.252 e. The van der Waals surface area contributed by atoms with Gasteiger partial charge in [0.1, 0.15) is 0 Å². The molecular weight excluding hydrogens is 334 g/mol. The standard InChI is InChI=1S/C16H16BrNO3/c17-15-11-4-2-1-3-10(11)5-6-12(15)16(20)18-13-7-8-21-9-14(13)19/h1-6,13-14,19H,7-9H2,(H,18,20)/t13-,14-/m0/s1. The van der Waals surface area contributed by atoms with Crippen LogP contribution in [0.2, 0.25) is 0 Å². The van der Waals surface area contributed by atoms with E-state index < -0.39 is 6.10 Å². The summed E-state index contributed by atoms with van der Waals surface area (Å²) in [6.45, 7) is 0.824. The van der Waals surface area contributed by atoms with Crippen LogP contribution < -0.4 is 5.32 Å². The third-order valence-electron chi connectivity index (χ3n) is 3.75. The predicted octanol–water partition coefficient (Wildman–Crippen LogP) is 2.48. The van der Waals surface area contributed by atoms with E-state index in [9.17, 15) is 9.90 Å². The van der Waals surface area contributed by atoms with Crippen molar-refractivity contribution in [1.29, 1.82) is 0 Å². The summed E-state index contributed by atoms with van der Waals surface area (Å²) in [7, 11) is 0. The normalized spacial score (nSPS) is 22.2. The summed E-state index contributed by atoms with van der Waals surface area (Å²) in [6.07, 6.45) is -0.0279. The van der Waals surface area contributed by atoms with Gasteiger partial charge in [0.05, 0.1) is 24.3 Å². The molecule has 21 heavy (non-hydrogen) atoms. The molecule has 110 valence electrons. The van der Waals surface area contributed by atoms with E-state index in [0.717, 1.165) is 15.2 Å². The van der Waals surface area contributed by atoms with Crippen molar-refractivity contribution in [3.05, 3.63) is 46.4 Å². The first-order chi connectivity index (χ1) is 10.2. The summed E-state index contributed by atoms with van der Waals surface area (Å²) in [5, 5.41) is 14.8. The van der Waals surface area contributed by atoms with E-state index in [2.05, 4.69) is 21.2 Å². The topological polar surface area (TPSA) is 58.6 Å². The highest BCUT2D eigenvalue weighted by molar-refractivity contribution is 9.10. The first-order valence-corrected chi connectivity index (χ1v) is 7.70. The molecule has 2 aromatic carbocycles. The van der Waals surface area contributed by atoms with Gasteiger partial charge < -0.3 is 15.2 Å². The number of halogens is 1. The molecule has 1 amide bonds. The largest absolute Gasteiger partial charge is 0.389 e. The van der Waals surface area contributed by atoms with Gasteiger partial charge in [0.25, 0.3) is 5.91 Å². The fraction of sp³-hybridized carbons (Fsp3) is 0.312. The molecule has 1 heterocycles. The SMILES string of the molecule is O=C(N[C@H]1CCOC[C@@H]1O)c1ccc2ccccc2c1Br. The van der Waals surface area contributed by atoms with Gasteiger partial charge in [-0.25, -0.2) is 0 Å². The van der Waals surface area contributed by atoms with Crippen LogP contribution in [0.25, 0.3) is 10.8 Å². The summed E-state index contributed by atoms with van der Waals surface area (Å²) in [6, 6.07) is 11.3. The van der Waals surface area contributed by atoms with E-state index in [1.54, 1.807) is 6.07 Å². The summed E-state index contributed by atoms with van der Waals surface area (Å²) < 4.78 is 5.95. The summed E-state index contributed by atoms with van der Waals surface area (Å²) in [5.74, 6) is -0.182. The van der Waals surface area contributed by atoms with Crippen molar-refractivity contribution >= 4 is 32.6 Å². The smallest absolute Gasteiger partial charge is 0.252 e. The number of amides is 1. The number of carbonyl (C=O) groups is 1. The second kappa shape index (κ2) is 6.13. The Morgan fingerprint density at radius 1 is 1.29 bits per heavy atom. The number of hydrogen-bond acceptors (Lipinski definition) is 3. The van der Waals surface area contributed by atoms with Crippen LogP contribution in [0.1, 0.15) is 16.8 Å². The summed E-state index contributed by atoms with van der Waals surface area (Å²) >= 11 is 3.51. The van der Waals surface area contributed by atoms with Crippen molar-refractivity contribution in [1.82, 2.24) is 5.32 Å². The zero-order valence-corrected chi connectivity index (χ0v) is 13.0. The average molecular weight is 350 g/mol. The van der Waals surface area contributed by atoms with E-state index in [4.69, 9.17) is 4.74 Å². The minimum absolute atomic E-state index is 0.182. The van der Waals surface area contributed by atoms with Gasteiger partial charge in [0.2, 0.25) is 0 Å². The Balaban J connectivity index is 1.86. The van der Waals surface area contributed by atoms with Crippen molar-refractivity contribution in [2.24, 2.45) is 0 Å². The maximum atomic E-state index is 12.4. The van der Waals surface area contributed by atoms with E-state index in [1.165, 1.54) is 0 Å². The molecule has 0 aromatic heterocycles. The Morgan fingerprint density at radius 2 is 2.10 bits per heavy atom. The molecule has 0 radical (unpaired) electrons. The Labute approximate surface area is 131 Å². The number of nitrogens with one attached hydrogen (secondary N) is 1. The number of benzene rings is 2. The molecule has 2 aromatic rings. The van der Waals surface area contributed by atoms with Crippen molar-refractivity contribution in [3.8, 4) is 0 Å². The lowest BCUT2D eigenvalue weighted by Gasteiger charge is -2.28. The van der Waals surface area contributed by atoms with E-state index in [1.807, 2.05) is 30.3 Å². The quantitative estimate of drug-likeness (QED) is 0.875. The molecule has 0 spiro atoms. The molecule has 1 fully saturated rings. The van der Waals surface area contributed by atoms with Crippen LogP contribution in [0.15, 0.2) is 40.9 Å². The first kappa shape index (κ1) is 14.5. The van der Waals surface area contributed by atoms with Gasteiger partial charge in [-0.05, 0) is 39.2 Å². The second-order valence-corrected chi connectivity index (χ2v) is 5.95. The Kier molecular flexibility index (Phi) is 4.24. The highest BCUT2D eigenvalue weighted by Gasteiger charge is 2.26. The molecule has 5 heteroatoms. The lowest BCUT2D eigenvalue weighted by Crippen LogP contribution is -2.48. The molecule has 4 nitrogen and oxygen atoms in total. The van der Waals surface area contributed by atoms with Gasteiger partial charge in [-0.2, -0.15) is 0 Å². The maximum absolute atomic E-state index is 12.4. The van der Waals surface area contributed by atoms with Crippen molar-refractivity contribution < 1.29 is 14.6 Å². The van der Waals surface area contributed by atoms with Crippen LogP contribution >= 0.6 is 15.9 Å². The molecule has 1 aliphatic rings. The van der Waals surface area contributed by atoms with E-state index in [0.29, 0.717) is 18.6 Å². The van der Waals surface area contributed by atoms with E-state index >= 15 is 0 Å². The van der Waals surface area contributed by atoms with Crippen molar-refractivity contribution in [3.63, 3.8) is 0 Å². The molecule has 1 aliphatic heterocycles. The first-order valence-electron chi connectivity index (χ1n) is 6.91. The van der Waals surface area contributed by atoms with E-state index in [-0.39, 0.29) is 18.6 Å². The van der Waals surface area contributed by atoms with Crippen LogP contribution in [-0.4, -0.2) is 36.4 Å². The van der Waals surface area contributed by atoms with Crippen LogP contribution in [0.3, 0.4) is 0 Å². The van der Waals surface area contributed by atoms with Gasteiger partial charge in [-0.1, -0.05) is 30.3 Å². The second-order valence-electron chi connectivity index (χ2n) is 5.16. The van der Waals surface area contributed by atoms with Crippen LogP contribution in [0, 0.1) is 0 Å². The van der Waals surface area contributed by atoms with Crippen LogP contribution in [-0.2, 0) is 4.74 Å². The van der Waals surface area contributed by atoms with Crippen LogP contribution in [0.4, 0.5) is 0 Å². The lowest BCUT2D eigenvalue weighted by atomic mass is 10.0. The van der Waals surface area contributed by atoms with Gasteiger partial charge in [-0.15, -0.1) is 0 Å². The van der Waals surface area contributed by atoms with Crippen molar-refractivity contribution in [2.75, 3.05) is 13.2 Å². The van der Waals surface area contributed by atoms with Crippen molar-refractivity contribution in [2.45, 2.75) is 18.6 Å². The molecule has 0 saturated carbocycles. The molecular formula is C16H16BrNO3. The highest BCUT2D eigenvalue weighted by atomic mass is 79.9. The van der Waals surface area contributed by atoms with Gasteiger partial charge in [-0.3, -0.25) is 4.79 Å². The monoisotopic (exact) mass is 349 g/mol. The number of carbonyl (C=O) groups excluding carboxylic acids is 1. The number of rotatable bonds is 2. The number of aliphatic hydroxyl groups excluding tert-OH is 1. The minimum Gasteiger partial charge on any atom is -0.389 e. The summed E-state index contributed by atoms with van der Waals surface area (Å²) in [4.78, 5) is 12.4. The van der Waals surface area contributed by atoms with Gasteiger partial charge >= 0.3 is 0 Å². The minimum atomic E-state index is -0.651. The lowest BCUT2D eigenvalue weighted by molar-refractivity contribution is -0.0260. The molecule has 0 unspecified atom stereocenters. The van der Waals surface area contributed by atoms with Crippen LogP contribution in [0.5, 0.6) is 0 Å². The number of ether oxygens (including phenoxy) is 1. The highest BCUT2D eigenvalue weighted by Crippen LogP contribution is 2.27.